The number of likely N-dealkylation sites (N-methyl/N-ethyl adjacent to an activating group) is 1. The Labute approximate surface area is 230 Å². The maximum absolute atomic E-state index is 14.8. The van der Waals surface area contributed by atoms with Gasteiger partial charge in [0.2, 0.25) is 5.69 Å². The van der Waals surface area contributed by atoms with Gasteiger partial charge in [0.25, 0.3) is 0 Å². The fourth-order valence-electron chi connectivity index (χ4n) is 4.09. The van der Waals surface area contributed by atoms with E-state index in [1.807, 2.05) is 13.8 Å². The summed E-state index contributed by atoms with van der Waals surface area (Å²) in [6.07, 6.45) is 2.61. The molecule has 0 bridgehead atoms. The molecule has 4 rings (SSSR count). The van der Waals surface area contributed by atoms with Crippen LogP contribution in [0.5, 0.6) is 17.2 Å². The highest BCUT2D eigenvalue weighted by atomic mass is 32.1. The van der Waals surface area contributed by atoms with Crippen molar-refractivity contribution < 1.29 is 23.8 Å². The number of hydrogen-bond donors (Lipinski definition) is 1. The van der Waals surface area contributed by atoms with Crippen molar-refractivity contribution in [3.63, 3.8) is 0 Å². The Bertz CT molecular complexity index is 1470. The third-order valence-corrected chi connectivity index (χ3v) is 6.95. The minimum absolute atomic E-state index is 0.0371. The van der Waals surface area contributed by atoms with Crippen LogP contribution in [0.4, 0.5) is 10.1 Å². The first-order chi connectivity index (χ1) is 18.9. The number of fused-ring (bicyclic) bond motifs is 1. The Kier molecular flexibility index (Phi) is 9.54. The van der Waals surface area contributed by atoms with Crippen LogP contribution in [0.2, 0.25) is 0 Å². The first-order valence-corrected chi connectivity index (χ1v) is 13.5. The molecule has 8 nitrogen and oxygen atoms in total. The number of aromatic nitrogens is 2. The molecule has 0 fully saturated rings. The number of rotatable bonds is 13. The number of hydrogen-bond acceptors (Lipinski definition) is 8. The van der Waals surface area contributed by atoms with Gasteiger partial charge in [0.1, 0.15) is 41.6 Å². The van der Waals surface area contributed by atoms with Gasteiger partial charge in [-0.1, -0.05) is 19.9 Å². The van der Waals surface area contributed by atoms with Crippen molar-refractivity contribution >= 4 is 33.7 Å². The van der Waals surface area contributed by atoms with Gasteiger partial charge in [-0.25, -0.2) is 14.2 Å². The van der Waals surface area contributed by atoms with E-state index in [1.54, 1.807) is 42.0 Å². The molecule has 0 aliphatic carbocycles. The largest absolute Gasteiger partial charge is 0.502 e. The number of aliphatic hydroxyl groups is 1. The molecular formula is C29H29FN4O4S. The van der Waals surface area contributed by atoms with Crippen LogP contribution in [0.15, 0.2) is 54.2 Å². The van der Waals surface area contributed by atoms with Crippen LogP contribution in [-0.4, -0.2) is 58.1 Å². The maximum Gasteiger partial charge on any atom is 0.229 e. The van der Waals surface area contributed by atoms with Gasteiger partial charge in [0, 0.05) is 42.2 Å². The molecular weight excluding hydrogens is 519 g/mol. The fourth-order valence-corrected chi connectivity index (χ4v) is 4.74. The lowest BCUT2D eigenvalue weighted by Gasteiger charge is -2.22. The lowest BCUT2D eigenvalue weighted by Crippen LogP contribution is -2.35. The zero-order valence-electron chi connectivity index (χ0n) is 21.8. The Morgan fingerprint density at radius 2 is 1.95 bits per heavy atom. The Morgan fingerprint density at radius 3 is 2.64 bits per heavy atom. The monoisotopic (exact) mass is 548 g/mol. The number of benzene rings is 2. The molecule has 2 aromatic heterocycles. The number of Topliss-reactive ketones (excluding diaryl/α,β-unsaturated/α-hetero) is 1. The number of pyridine rings is 1. The third kappa shape index (κ3) is 7.35. The fraction of sp³-hybridized carbons (Fsp3) is 0.310. The number of thiazole rings is 1. The van der Waals surface area contributed by atoms with Crippen LogP contribution >= 0.6 is 11.3 Å². The molecule has 1 N–H and O–H groups in total. The van der Waals surface area contributed by atoms with E-state index in [0.29, 0.717) is 34.0 Å². The van der Waals surface area contributed by atoms with E-state index < -0.39 is 11.9 Å². The van der Waals surface area contributed by atoms with Crippen molar-refractivity contribution in [2.45, 2.75) is 32.8 Å². The average Bonchev–Trinajstić information content (AvgIpc) is 3.44. The standard InChI is InChI=1S/C29H29FN4O4S/c1-4-34(5-2)17-21(36)18-37-28-16-25-23(15-26(28)31-3)27(8-9-32-25)38-22-7-6-19(24(30)14-22)12-20(35)13-29-33-10-11-39-29/h6-11,14-16,21,36H,4-5,12-13,17-18H2,1-2H3/t21-/m1/s1. The van der Waals surface area contributed by atoms with E-state index >= 15 is 0 Å². The van der Waals surface area contributed by atoms with E-state index in [-0.39, 0.29) is 42.2 Å². The smallest absolute Gasteiger partial charge is 0.229 e. The molecule has 2 heterocycles. The second-order valence-corrected chi connectivity index (χ2v) is 9.86. The van der Waals surface area contributed by atoms with E-state index in [9.17, 15) is 14.3 Å². The predicted molar refractivity (Wildman–Crippen MR) is 148 cm³/mol. The van der Waals surface area contributed by atoms with Crippen molar-refractivity contribution in [1.29, 1.82) is 0 Å². The molecule has 0 saturated carbocycles. The van der Waals surface area contributed by atoms with Gasteiger partial charge in [0.05, 0.1) is 23.5 Å². The zero-order valence-corrected chi connectivity index (χ0v) is 22.6. The lowest BCUT2D eigenvalue weighted by atomic mass is 10.1. The van der Waals surface area contributed by atoms with Gasteiger partial charge < -0.3 is 19.5 Å². The van der Waals surface area contributed by atoms with Crippen molar-refractivity contribution in [3.8, 4) is 17.2 Å². The van der Waals surface area contributed by atoms with Crippen LogP contribution in [0.3, 0.4) is 0 Å². The molecule has 0 spiro atoms. The number of ether oxygens (including phenoxy) is 2. The van der Waals surface area contributed by atoms with E-state index in [4.69, 9.17) is 16.0 Å². The van der Waals surface area contributed by atoms with Crippen LogP contribution in [0.25, 0.3) is 15.7 Å². The average molecular weight is 549 g/mol. The molecule has 0 aliphatic rings. The van der Waals surface area contributed by atoms with Gasteiger partial charge in [-0.15, -0.1) is 11.3 Å². The second-order valence-electron chi connectivity index (χ2n) is 8.88. The highest BCUT2D eigenvalue weighted by molar-refractivity contribution is 7.09. The summed E-state index contributed by atoms with van der Waals surface area (Å²) in [4.78, 5) is 26.4. The van der Waals surface area contributed by atoms with Crippen LogP contribution < -0.4 is 9.47 Å². The normalized spacial score (nSPS) is 11.9. The van der Waals surface area contributed by atoms with Gasteiger partial charge in [-0.3, -0.25) is 9.78 Å². The molecule has 39 heavy (non-hydrogen) atoms. The highest BCUT2D eigenvalue weighted by Gasteiger charge is 2.16. The molecule has 0 radical (unpaired) electrons. The Balaban J connectivity index is 1.48. The quantitative estimate of drug-likeness (QED) is 0.217. The van der Waals surface area contributed by atoms with Crippen LogP contribution in [-0.2, 0) is 17.6 Å². The van der Waals surface area contributed by atoms with Gasteiger partial charge in [0.15, 0.2) is 0 Å². The van der Waals surface area contributed by atoms with Crippen molar-refractivity contribution in [1.82, 2.24) is 14.9 Å². The second kappa shape index (κ2) is 13.2. The maximum atomic E-state index is 14.8. The van der Waals surface area contributed by atoms with Gasteiger partial charge in [-0.05, 0) is 42.9 Å². The molecule has 1 atom stereocenters. The molecule has 2 aromatic carbocycles. The molecule has 0 saturated heterocycles. The Morgan fingerprint density at radius 1 is 1.13 bits per heavy atom. The summed E-state index contributed by atoms with van der Waals surface area (Å²) in [6, 6.07) is 9.26. The molecule has 0 unspecified atom stereocenters. The summed E-state index contributed by atoms with van der Waals surface area (Å²) in [5.41, 5.74) is 1.05. The minimum Gasteiger partial charge on any atom is -0.502 e. The number of ketones is 1. The minimum atomic E-state index is -0.706. The van der Waals surface area contributed by atoms with Crippen LogP contribution in [0, 0.1) is 12.4 Å². The molecule has 0 aliphatic heterocycles. The summed E-state index contributed by atoms with van der Waals surface area (Å²) in [6.45, 7) is 13.8. The first kappa shape index (κ1) is 28.1. The van der Waals surface area contributed by atoms with E-state index in [0.717, 1.165) is 13.1 Å². The lowest BCUT2D eigenvalue weighted by molar-refractivity contribution is -0.117. The summed E-state index contributed by atoms with van der Waals surface area (Å²) < 4.78 is 26.6. The number of carbonyl (C=O) groups is 1. The third-order valence-electron chi connectivity index (χ3n) is 6.17. The summed E-state index contributed by atoms with van der Waals surface area (Å²) >= 11 is 1.39. The van der Waals surface area contributed by atoms with E-state index in [1.165, 1.54) is 23.5 Å². The zero-order chi connectivity index (χ0) is 27.8. The highest BCUT2D eigenvalue weighted by Crippen LogP contribution is 2.37. The number of carbonyl (C=O) groups excluding carboxylic acids is 1. The molecule has 202 valence electrons. The van der Waals surface area contributed by atoms with Crippen LogP contribution in [0.1, 0.15) is 24.4 Å². The molecule has 0 amide bonds. The summed E-state index contributed by atoms with van der Waals surface area (Å²) in [7, 11) is 0. The molecule has 10 heteroatoms. The number of aliphatic hydroxyl groups excluding tert-OH is 1. The van der Waals surface area contributed by atoms with E-state index in [2.05, 4.69) is 19.7 Å². The van der Waals surface area contributed by atoms with Gasteiger partial charge in [-0.2, -0.15) is 0 Å². The summed E-state index contributed by atoms with van der Waals surface area (Å²) in [5, 5.41) is 13.4. The first-order valence-electron chi connectivity index (χ1n) is 12.6. The summed E-state index contributed by atoms with van der Waals surface area (Å²) in [5.74, 6) is 0.297. The Hall–Kier alpha value is -3.91. The number of nitrogens with zero attached hydrogens (tertiary/aromatic N) is 4. The topological polar surface area (TPSA) is 89.1 Å². The van der Waals surface area contributed by atoms with Crippen molar-refractivity contribution in [3.05, 3.63) is 82.0 Å². The SMILES string of the molecule is [C-]#[N+]c1cc2c(Oc3ccc(CC(=O)Cc4nccs4)c(F)c3)ccnc2cc1OC[C@H](O)CN(CC)CC. The number of halogens is 1. The van der Waals surface area contributed by atoms with Crippen molar-refractivity contribution in [2.75, 3.05) is 26.2 Å². The predicted octanol–water partition coefficient (Wildman–Crippen LogP) is 5.61. The van der Waals surface area contributed by atoms with Crippen molar-refractivity contribution in [2.24, 2.45) is 0 Å². The molecule has 4 aromatic rings. The van der Waals surface area contributed by atoms with Gasteiger partial charge >= 0.3 is 0 Å².